The molecule has 2 N–H and O–H groups in total. The predicted molar refractivity (Wildman–Crippen MR) is 87.4 cm³/mol. The van der Waals surface area contributed by atoms with Crippen LogP contribution in [0.1, 0.15) is 25.1 Å². The van der Waals surface area contributed by atoms with E-state index in [0.717, 1.165) is 31.4 Å². The van der Waals surface area contributed by atoms with E-state index in [0.29, 0.717) is 6.04 Å². The van der Waals surface area contributed by atoms with E-state index in [-0.39, 0.29) is 0 Å². The van der Waals surface area contributed by atoms with Crippen LogP contribution in [0.15, 0.2) is 17.1 Å². The molecular weight excluding hydrogens is 357 g/mol. The van der Waals surface area contributed by atoms with Crippen molar-refractivity contribution < 1.29 is 0 Å². The third kappa shape index (κ3) is 4.42. The van der Waals surface area contributed by atoms with E-state index in [1.807, 2.05) is 11.3 Å². The Morgan fingerprint density at radius 1 is 1.56 bits per heavy atom. The van der Waals surface area contributed by atoms with Gasteiger partial charge in [0.1, 0.15) is 0 Å². The lowest BCUT2D eigenvalue weighted by Crippen LogP contribution is -2.39. The van der Waals surface area contributed by atoms with Gasteiger partial charge >= 0.3 is 0 Å². The van der Waals surface area contributed by atoms with Crippen LogP contribution in [0.25, 0.3) is 0 Å². The summed E-state index contributed by atoms with van der Waals surface area (Å²) in [6.07, 6.45) is 2.30. The minimum Gasteiger partial charge on any atom is -0.357 e. The maximum Gasteiger partial charge on any atom is 0.191 e. The van der Waals surface area contributed by atoms with E-state index in [2.05, 4.69) is 64.2 Å². The molecule has 0 radical (unpaired) electrons. The van der Waals surface area contributed by atoms with Crippen LogP contribution in [0, 0.1) is 8.80 Å². The summed E-state index contributed by atoms with van der Waals surface area (Å²) in [6, 6.07) is 5.00. The van der Waals surface area contributed by atoms with Gasteiger partial charge in [0.05, 0.1) is 2.88 Å². The minimum absolute atomic E-state index is 0.630. The second-order valence-corrected chi connectivity index (χ2v) is 7.74. The minimum atomic E-state index is 0.630. The molecule has 2 rings (SSSR count). The zero-order valence-corrected chi connectivity index (χ0v) is 13.8. The first kappa shape index (κ1) is 14.1. The van der Waals surface area contributed by atoms with Crippen LogP contribution in [0.5, 0.6) is 0 Å². The number of guanidine groups is 1. The summed E-state index contributed by atoms with van der Waals surface area (Å²) < 4.78 is 1.35. The van der Waals surface area contributed by atoms with Crippen LogP contribution in [0.4, 0.5) is 0 Å². The van der Waals surface area contributed by atoms with Crippen molar-refractivity contribution in [3.05, 3.63) is 19.9 Å². The summed E-state index contributed by atoms with van der Waals surface area (Å²) in [5, 5.41) is 6.78. The average molecular weight is 377 g/mol. The molecule has 18 heavy (non-hydrogen) atoms. The van der Waals surface area contributed by atoms with Crippen molar-refractivity contribution in [2.45, 2.75) is 32.7 Å². The first-order chi connectivity index (χ1) is 8.69. The summed E-state index contributed by atoms with van der Waals surface area (Å²) >= 11 is 4.22. The lowest BCUT2D eigenvalue weighted by Gasteiger charge is -2.10. The van der Waals surface area contributed by atoms with E-state index in [1.165, 1.54) is 14.2 Å². The highest BCUT2D eigenvalue weighted by Gasteiger charge is 2.33. The highest BCUT2D eigenvalue weighted by atomic mass is 127. The molecule has 1 aliphatic rings. The van der Waals surface area contributed by atoms with Gasteiger partial charge in [-0.05, 0) is 54.0 Å². The lowest BCUT2D eigenvalue weighted by molar-refractivity contribution is 0.765. The number of nitrogens with zero attached hydrogens (tertiary/aromatic N) is 1. The van der Waals surface area contributed by atoms with Gasteiger partial charge in [0.2, 0.25) is 0 Å². The second kappa shape index (κ2) is 6.75. The van der Waals surface area contributed by atoms with Crippen LogP contribution in [0.2, 0.25) is 0 Å². The van der Waals surface area contributed by atoms with Gasteiger partial charge in [-0.1, -0.05) is 6.92 Å². The zero-order valence-electron chi connectivity index (χ0n) is 10.9. The predicted octanol–water partition coefficient (Wildman–Crippen LogP) is 2.86. The molecule has 5 heteroatoms. The molecule has 0 aromatic carbocycles. The maximum atomic E-state index is 4.63. The van der Waals surface area contributed by atoms with Crippen LogP contribution >= 0.6 is 33.9 Å². The highest BCUT2D eigenvalue weighted by molar-refractivity contribution is 14.1. The SMILES string of the molecule is CCNC(=NCCc1ccc(I)s1)NC1CC1C. The van der Waals surface area contributed by atoms with Gasteiger partial charge in [0.25, 0.3) is 0 Å². The van der Waals surface area contributed by atoms with E-state index in [1.54, 1.807) is 0 Å². The third-order valence-corrected chi connectivity index (χ3v) is 4.99. The van der Waals surface area contributed by atoms with Gasteiger partial charge in [0, 0.05) is 30.4 Å². The van der Waals surface area contributed by atoms with Crippen LogP contribution in [0.3, 0.4) is 0 Å². The zero-order chi connectivity index (χ0) is 13.0. The van der Waals surface area contributed by atoms with Gasteiger partial charge in [0.15, 0.2) is 5.96 Å². The fourth-order valence-electron chi connectivity index (χ4n) is 1.78. The van der Waals surface area contributed by atoms with Gasteiger partial charge in [-0.25, -0.2) is 0 Å². The van der Waals surface area contributed by atoms with Gasteiger partial charge in [-0.2, -0.15) is 0 Å². The number of hydrogen-bond acceptors (Lipinski definition) is 2. The molecule has 100 valence electrons. The van der Waals surface area contributed by atoms with Crippen LogP contribution < -0.4 is 10.6 Å². The number of hydrogen-bond donors (Lipinski definition) is 2. The Balaban J connectivity index is 1.79. The number of halogens is 1. The van der Waals surface area contributed by atoms with Crippen molar-refractivity contribution in [2.24, 2.45) is 10.9 Å². The maximum absolute atomic E-state index is 4.63. The lowest BCUT2D eigenvalue weighted by atomic mass is 10.3. The molecule has 1 aliphatic carbocycles. The van der Waals surface area contributed by atoms with Crippen LogP contribution in [-0.4, -0.2) is 25.1 Å². The Labute approximate surface area is 127 Å². The average Bonchev–Trinajstić information content (AvgIpc) is 2.85. The van der Waals surface area contributed by atoms with Crippen molar-refractivity contribution >= 4 is 39.9 Å². The molecule has 1 saturated carbocycles. The number of aliphatic imine (C=N–C) groups is 1. The number of rotatable bonds is 5. The van der Waals surface area contributed by atoms with E-state index in [9.17, 15) is 0 Å². The quantitative estimate of drug-likeness (QED) is 0.470. The smallest absolute Gasteiger partial charge is 0.191 e. The first-order valence-electron chi connectivity index (χ1n) is 6.48. The molecule has 0 amide bonds. The van der Waals surface area contributed by atoms with Crippen molar-refractivity contribution in [1.29, 1.82) is 0 Å². The Morgan fingerprint density at radius 3 is 2.89 bits per heavy atom. The molecular formula is C13H20IN3S. The van der Waals surface area contributed by atoms with E-state index < -0.39 is 0 Å². The number of thiophene rings is 1. The standard InChI is InChI=1S/C13H20IN3S/c1-3-15-13(17-11-8-9(11)2)16-7-6-10-4-5-12(14)18-10/h4-5,9,11H,3,6-8H2,1-2H3,(H2,15,16,17). The fraction of sp³-hybridized carbons (Fsp3) is 0.615. The van der Waals surface area contributed by atoms with Crippen molar-refractivity contribution in [3.8, 4) is 0 Å². The van der Waals surface area contributed by atoms with Crippen molar-refractivity contribution in [3.63, 3.8) is 0 Å². The first-order valence-corrected chi connectivity index (χ1v) is 8.37. The molecule has 1 aromatic rings. The Morgan fingerprint density at radius 2 is 2.33 bits per heavy atom. The van der Waals surface area contributed by atoms with Crippen molar-refractivity contribution in [2.75, 3.05) is 13.1 Å². The molecule has 0 saturated heterocycles. The molecule has 1 heterocycles. The Kier molecular flexibility index (Phi) is 5.29. The van der Waals surface area contributed by atoms with E-state index >= 15 is 0 Å². The Bertz CT molecular complexity index is 416. The summed E-state index contributed by atoms with van der Waals surface area (Å²) in [7, 11) is 0. The Hall–Kier alpha value is -0.300. The molecule has 0 spiro atoms. The largest absolute Gasteiger partial charge is 0.357 e. The van der Waals surface area contributed by atoms with Gasteiger partial charge in [-0.15, -0.1) is 11.3 Å². The summed E-state index contributed by atoms with van der Waals surface area (Å²) in [5.41, 5.74) is 0. The second-order valence-electron chi connectivity index (χ2n) is 4.68. The van der Waals surface area contributed by atoms with Gasteiger partial charge in [-0.3, -0.25) is 4.99 Å². The molecule has 2 atom stereocenters. The summed E-state index contributed by atoms with van der Waals surface area (Å²) in [5.74, 6) is 1.77. The van der Waals surface area contributed by atoms with Crippen LogP contribution in [-0.2, 0) is 6.42 Å². The molecule has 0 bridgehead atoms. The third-order valence-electron chi connectivity index (χ3n) is 3.03. The topological polar surface area (TPSA) is 36.4 Å². The van der Waals surface area contributed by atoms with Gasteiger partial charge < -0.3 is 10.6 Å². The summed E-state index contributed by atoms with van der Waals surface area (Å²) in [6.45, 7) is 6.15. The normalized spacial score (nSPS) is 22.9. The summed E-state index contributed by atoms with van der Waals surface area (Å²) in [4.78, 5) is 6.05. The van der Waals surface area contributed by atoms with E-state index in [4.69, 9.17) is 0 Å². The fourth-order valence-corrected chi connectivity index (χ4v) is 3.53. The molecule has 0 aliphatic heterocycles. The molecule has 2 unspecified atom stereocenters. The monoisotopic (exact) mass is 377 g/mol. The highest BCUT2D eigenvalue weighted by Crippen LogP contribution is 2.28. The number of nitrogens with one attached hydrogen (secondary N) is 2. The molecule has 1 fully saturated rings. The van der Waals surface area contributed by atoms with Crippen molar-refractivity contribution in [1.82, 2.24) is 10.6 Å². The molecule has 3 nitrogen and oxygen atoms in total. The molecule has 1 aromatic heterocycles.